The number of nitrogens with zero attached hydrogens (tertiary/aromatic N) is 5. The van der Waals surface area contributed by atoms with Crippen molar-refractivity contribution in [3.8, 4) is 0 Å². The molecule has 1 unspecified atom stereocenters. The molecule has 0 saturated carbocycles. The van der Waals surface area contributed by atoms with Crippen LogP contribution < -0.4 is 5.32 Å². The van der Waals surface area contributed by atoms with E-state index in [-0.39, 0.29) is 11.7 Å². The quantitative estimate of drug-likeness (QED) is 0.675. The zero-order chi connectivity index (χ0) is 15.7. The Balaban J connectivity index is 2.19. The maximum atomic E-state index is 12.2. The maximum absolute atomic E-state index is 12.2. The summed E-state index contributed by atoms with van der Waals surface area (Å²) in [6, 6.07) is 0.664. The van der Waals surface area contributed by atoms with Crippen molar-refractivity contribution in [2.75, 3.05) is 5.32 Å². The van der Waals surface area contributed by atoms with E-state index in [0.717, 1.165) is 5.69 Å². The fourth-order valence-electron chi connectivity index (χ4n) is 1.92. The molecule has 0 radical (unpaired) electrons. The number of anilines is 1. The molecule has 0 saturated heterocycles. The zero-order valence-corrected chi connectivity index (χ0v) is 12.2. The van der Waals surface area contributed by atoms with E-state index < -0.39 is 11.0 Å². The largest absolute Gasteiger partial charge is 0.390 e. The molecule has 21 heavy (non-hydrogen) atoms. The molecule has 2 aromatic rings. The molecule has 1 amide bonds. The number of amides is 1. The van der Waals surface area contributed by atoms with Crippen molar-refractivity contribution in [2.45, 2.75) is 26.8 Å². The summed E-state index contributed by atoms with van der Waals surface area (Å²) >= 11 is 0. The third-order valence-corrected chi connectivity index (χ3v) is 3.34. The first-order valence-corrected chi connectivity index (χ1v) is 6.31. The Bertz CT molecular complexity index is 702. The minimum Gasteiger partial charge on any atom is -0.358 e. The predicted molar refractivity (Wildman–Crippen MR) is 74.9 cm³/mol. The van der Waals surface area contributed by atoms with Gasteiger partial charge in [0, 0.05) is 7.05 Å². The first-order valence-electron chi connectivity index (χ1n) is 6.31. The summed E-state index contributed by atoms with van der Waals surface area (Å²) in [5, 5.41) is 21.3. The number of nitro groups is 1. The second-order valence-corrected chi connectivity index (χ2v) is 4.78. The van der Waals surface area contributed by atoms with Gasteiger partial charge in [-0.05, 0) is 25.7 Å². The highest BCUT2D eigenvalue weighted by molar-refractivity contribution is 5.93. The molecule has 1 N–H and O–H groups in total. The smallest absolute Gasteiger partial charge is 0.358 e. The van der Waals surface area contributed by atoms with Gasteiger partial charge < -0.3 is 15.4 Å². The molecule has 112 valence electrons. The second kappa shape index (κ2) is 5.35. The van der Waals surface area contributed by atoms with Crippen molar-refractivity contribution >= 4 is 17.4 Å². The maximum Gasteiger partial charge on any atom is 0.390 e. The standard InChI is InChI=1S/C12H16N6O3/c1-7-5-11(18(20)21)15-17(7)9(3)12(19)14-10-6-13-16(4)8(10)2/h5-6,9H,1-4H3,(H,14,19). The molecule has 0 spiro atoms. The van der Waals surface area contributed by atoms with E-state index in [1.807, 2.05) is 6.92 Å². The molecular weight excluding hydrogens is 276 g/mol. The first-order chi connectivity index (χ1) is 9.81. The van der Waals surface area contributed by atoms with Crippen LogP contribution in [0.2, 0.25) is 0 Å². The Labute approximate surface area is 120 Å². The van der Waals surface area contributed by atoms with Crippen LogP contribution in [-0.4, -0.2) is 30.4 Å². The topological polar surface area (TPSA) is 108 Å². The predicted octanol–water partition coefficient (Wildman–Crippen LogP) is 1.34. The molecule has 0 aliphatic carbocycles. The highest BCUT2D eigenvalue weighted by Gasteiger charge is 2.25. The minimum atomic E-state index is -0.668. The van der Waals surface area contributed by atoms with Crippen molar-refractivity contribution in [1.29, 1.82) is 0 Å². The van der Waals surface area contributed by atoms with E-state index in [1.165, 1.54) is 10.7 Å². The third kappa shape index (κ3) is 2.76. The van der Waals surface area contributed by atoms with Gasteiger partial charge in [-0.1, -0.05) is 0 Å². The molecule has 9 heteroatoms. The number of hydrogen-bond donors (Lipinski definition) is 1. The lowest BCUT2D eigenvalue weighted by Crippen LogP contribution is -2.25. The Morgan fingerprint density at radius 3 is 2.62 bits per heavy atom. The first kappa shape index (κ1) is 14.7. The zero-order valence-electron chi connectivity index (χ0n) is 12.2. The van der Waals surface area contributed by atoms with Gasteiger partial charge in [0.25, 0.3) is 5.91 Å². The number of carbonyl (C=O) groups excluding carboxylic acids is 1. The number of nitrogens with one attached hydrogen (secondary N) is 1. The van der Waals surface area contributed by atoms with Gasteiger partial charge in [-0.25, -0.2) is 0 Å². The molecule has 2 rings (SSSR count). The average Bonchev–Trinajstić information content (AvgIpc) is 2.96. The van der Waals surface area contributed by atoms with Gasteiger partial charge in [0.2, 0.25) is 0 Å². The van der Waals surface area contributed by atoms with Crippen LogP contribution in [0.15, 0.2) is 12.3 Å². The van der Waals surface area contributed by atoms with Gasteiger partial charge in [-0.2, -0.15) is 9.78 Å². The SMILES string of the molecule is Cc1c(NC(=O)C(C)n2nc([N+](=O)[O-])cc2C)cnn1C. The summed E-state index contributed by atoms with van der Waals surface area (Å²) in [6.07, 6.45) is 1.55. The lowest BCUT2D eigenvalue weighted by molar-refractivity contribution is -0.389. The summed E-state index contributed by atoms with van der Waals surface area (Å²) in [5.41, 5.74) is 1.97. The van der Waals surface area contributed by atoms with Crippen molar-refractivity contribution in [3.05, 3.63) is 33.8 Å². The van der Waals surface area contributed by atoms with Crippen molar-refractivity contribution < 1.29 is 9.72 Å². The second-order valence-electron chi connectivity index (χ2n) is 4.78. The van der Waals surface area contributed by atoms with Gasteiger partial charge >= 0.3 is 5.82 Å². The van der Waals surface area contributed by atoms with E-state index in [0.29, 0.717) is 11.4 Å². The van der Waals surface area contributed by atoms with Crippen LogP contribution in [0.1, 0.15) is 24.4 Å². The van der Waals surface area contributed by atoms with Gasteiger partial charge in [0.1, 0.15) is 6.04 Å². The molecule has 9 nitrogen and oxygen atoms in total. The fourth-order valence-corrected chi connectivity index (χ4v) is 1.92. The lowest BCUT2D eigenvalue weighted by atomic mass is 10.3. The molecule has 0 aromatic carbocycles. The normalized spacial score (nSPS) is 12.2. The number of rotatable bonds is 4. The van der Waals surface area contributed by atoms with Crippen molar-refractivity contribution in [3.63, 3.8) is 0 Å². The summed E-state index contributed by atoms with van der Waals surface area (Å²) in [4.78, 5) is 22.4. The molecular formula is C12H16N6O3. The minimum absolute atomic E-state index is 0.273. The van der Waals surface area contributed by atoms with E-state index >= 15 is 0 Å². The fraction of sp³-hybridized carbons (Fsp3) is 0.417. The summed E-state index contributed by atoms with van der Waals surface area (Å²) < 4.78 is 2.98. The van der Waals surface area contributed by atoms with Gasteiger partial charge in [-0.3, -0.25) is 9.48 Å². The van der Waals surface area contributed by atoms with Crippen molar-refractivity contribution in [1.82, 2.24) is 19.6 Å². The van der Waals surface area contributed by atoms with Crippen LogP contribution in [0.5, 0.6) is 0 Å². The number of aromatic nitrogens is 4. The molecule has 0 fully saturated rings. The average molecular weight is 292 g/mol. The monoisotopic (exact) mass is 292 g/mol. The van der Waals surface area contributed by atoms with Crippen LogP contribution in [0.3, 0.4) is 0 Å². The number of aryl methyl sites for hydroxylation is 2. The highest BCUT2D eigenvalue weighted by atomic mass is 16.6. The molecule has 0 aliphatic rings. The van der Waals surface area contributed by atoms with Crippen LogP contribution in [0.25, 0.3) is 0 Å². The Morgan fingerprint density at radius 1 is 1.48 bits per heavy atom. The van der Waals surface area contributed by atoms with E-state index in [1.54, 1.807) is 31.8 Å². The molecule has 2 aromatic heterocycles. The van der Waals surface area contributed by atoms with Crippen molar-refractivity contribution in [2.24, 2.45) is 7.05 Å². The molecule has 0 aliphatic heterocycles. The Kier molecular flexibility index (Phi) is 3.74. The molecule has 1 atom stereocenters. The molecule has 2 heterocycles. The van der Waals surface area contributed by atoms with E-state index in [9.17, 15) is 14.9 Å². The van der Waals surface area contributed by atoms with E-state index in [2.05, 4.69) is 15.5 Å². The van der Waals surface area contributed by atoms with Gasteiger partial charge in [0.05, 0.1) is 34.4 Å². The highest BCUT2D eigenvalue weighted by Crippen LogP contribution is 2.19. The van der Waals surface area contributed by atoms with E-state index in [4.69, 9.17) is 0 Å². The van der Waals surface area contributed by atoms with Gasteiger partial charge in [-0.15, -0.1) is 0 Å². The third-order valence-electron chi connectivity index (χ3n) is 3.34. The number of hydrogen-bond acceptors (Lipinski definition) is 5. The lowest BCUT2D eigenvalue weighted by Gasteiger charge is -2.11. The van der Waals surface area contributed by atoms with Crippen LogP contribution in [0.4, 0.5) is 11.5 Å². The number of carbonyl (C=O) groups is 1. The molecule has 0 bridgehead atoms. The van der Waals surface area contributed by atoms with Crippen LogP contribution in [0, 0.1) is 24.0 Å². The van der Waals surface area contributed by atoms with Crippen LogP contribution in [-0.2, 0) is 11.8 Å². The summed E-state index contributed by atoms with van der Waals surface area (Å²) in [5.74, 6) is -0.586. The Morgan fingerprint density at radius 2 is 2.14 bits per heavy atom. The van der Waals surface area contributed by atoms with Gasteiger partial charge in [0.15, 0.2) is 0 Å². The Hall–Kier alpha value is -2.71. The summed E-state index contributed by atoms with van der Waals surface area (Å²) in [6.45, 7) is 5.13. The summed E-state index contributed by atoms with van der Waals surface area (Å²) in [7, 11) is 1.77. The van der Waals surface area contributed by atoms with Crippen LogP contribution >= 0.6 is 0 Å².